The number of hydrogen-bond acceptors (Lipinski definition) is 5. The number of nitrogens with zero attached hydrogens (tertiary/aromatic N) is 2. The van der Waals surface area contributed by atoms with Crippen molar-refractivity contribution in [3.8, 4) is 11.8 Å². The van der Waals surface area contributed by atoms with Gasteiger partial charge in [0.05, 0.1) is 17.6 Å². The lowest BCUT2D eigenvalue weighted by molar-refractivity contribution is -0.384. The standard InChI is InChI=1S/C13H17N3O3/c1-13(10-14,15-2)8-3-9-19-12-6-4-11(5-7-12)16(17)18/h4-7,15H,3,8-9H2,1-2H3. The van der Waals surface area contributed by atoms with Crippen molar-refractivity contribution in [2.75, 3.05) is 13.7 Å². The minimum Gasteiger partial charge on any atom is -0.494 e. The zero-order valence-electron chi connectivity index (χ0n) is 11.0. The fourth-order valence-corrected chi connectivity index (χ4v) is 1.52. The Morgan fingerprint density at radius 1 is 1.47 bits per heavy atom. The Bertz CT molecular complexity index is 467. The summed E-state index contributed by atoms with van der Waals surface area (Å²) in [6, 6.07) is 8.15. The second kappa shape index (κ2) is 6.71. The summed E-state index contributed by atoms with van der Waals surface area (Å²) >= 11 is 0. The second-order valence-corrected chi connectivity index (χ2v) is 4.40. The minimum atomic E-state index is -0.543. The van der Waals surface area contributed by atoms with E-state index in [-0.39, 0.29) is 5.69 Å². The first-order valence-electron chi connectivity index (χ1n) is 5.98. The van der Waals surface area contributed by atoms with Crippen LogP contribution in [0.4, 0.5) is 5.69 Å². The van der Waals surface area contributed by atoms with Gasteiger partial charge in [-0.15, -0.1) is 0 Å². The molecule has 1 rings (SSSR count). The third-order valence-corrected chi connectivity index (χ3v) is 2.94. The number of ether oxygens (including phenoxy) is 1. The van der Waals surface area contributed by atoms with Gasteiger partial charge in [0.15, 0.2) is 0 Å². The Balaban J connectivity index is 2.38. The number of hydrogen-bond donors (Lipinski definition) is 1. The molecule has 1 aromatic rings. The third-order valence-electron chi connectivity index (χ3n) is 2.94. The summed E-state index contributed by atoms with van der Waals surface area (Å²) in [5.41, 5.74) is -0.502. The molecule has 19 heavy (non-hydrogen) atoms. The highest BCUT2D eigenvalue weighted by molar-refractivity contribution is 5.35. The van der Waals surface area contributed by atoms with E-state index in [0.29, 0.717) is 18.8 Å². The van der Waals surface area contributed by atoms with Crippen molar-refractivity contribution in [1.82, 2.24) is 5.32 Å². The van der Waals surface area contributed by atoms with Gasteiger partial charge in [-0.05, 0) is 38.9 Å². The van der Waals surface area contributed by atoms with Crippen LogP contribution in [0.2, 0.25) is 0 Å². The molecule has 0 heterocycles. The summed E-state index contributed by atoms with van der Waals surface area (Å²) in [7, 11) is 1.75. The highest BCUT2D eigenvalue weighted by atomic mass is 16.6. The Kier molecular flexibility index (Phi) is 5.27. The van der Waals surface area contributed by atoms with Crippen LogP contribution in [0, 0.1) is 21.4 Å². The molecule has 0 bridgehead atoms. The van der Waals surface area contributed by atoms with Crippen LogP contribution < -0.4 is 10.1 Å². The molecule has 0 aliphatic rings. The van der Waals surface area contributed by atoms with Crippen LogP contribution in [-0.2, 0) is 0 Å². The number of nitriles is 1. The van der Waals surface area contributed by atoms with E-state index in [0.717, 1.165) is 6.42 Å². The molecule has 1 aromatic carbocycles. The predicted molar refractivity (Wildman–Crippen MR) is 70.9 cm³/mol. The predicted octanol–water partition coefficient (Wildman–Crippen LogP) is 2.26. The highest BCUT2D eigenvalue weighted by Crippen LogP contribution is 2.18. The summed E-state index contributed by atoms with van der Waals surface area (Å²) in [6.45, 7) is 2.30. The minimum absolute atomic E-state index is 0.0413. The van der Waals surface area contributed by atoms with E-state index < -0.39 is 10.5 Å². The lowest BCUT2D eigenvalue weighted by atomic mass is 9.98. The molecule has 0 saturated carbocycles. The van der Waals surface area contributed by atoms with Gasteiger partial charge in [-0.3, -0.25) is 10.1 Å². The largest absolute Gasteiger partial charge is 0.494 e. The molecule has 0 radical (unpaired) electrons. The highest BCUT2D eigenvalue weighted by Gasteiger charge is 2.20. The molecule has 0 aromatic heterocycles. The molecular weight excluding hydrogens is 246 g/mol. The summed E-state index contributed by atoms with van der Waals surface area (Å²) < 4.78 is 5.47. The van der Waals surface area contributed by atoms with Crippen LogP contribution in [0.3, 0.4) is 0 Å². The maximum atomic E-state index is 10.5. The van der Waals surface area contributed by atoms with Crippen molar-refractivity contribution in [3.63, 3.8) is 0 Å². The molecule has 1 unspecified atom stereocenters. The van der Waals surface area contributed by atoms with Gasteiger partial charge in [0.1, 0.15) is 11.3 Å². The monoisotopic (exact) mass is 263 g/mol. The lowest BCUT2D eigenvalue weighted by Gasteiger charge is -2.20. The van der Waals surface area contributed by atoms with Gasteiger partial charge in [-0.25, -0.2) is 0 Å². The molecule has 0 aliphatic carbocycles. The Morgan fingerprint density at radius 3 is 2.58 bits per heavy atom. The average molecular weight is 263 g/mol. The van der Waals surface area contributed by atoms with Crippen molar-refractivity contribution in [2.45, 2.75) is 25.3 Å². The van der Waals surface area contributed by atoms with Crippen LogP contribution in [-0.4, -0.2) is 24.1 Å². The van der Waals surface area contributed by atoms with E-state index in [4.69, 9.17) is 10.00 Å². The second-order valence-electron chi connectivity index (χ2n) is 4.40. The zero-order valence-corrected chi connectivity index (χ0v) is 11.0. The molecule has 6 heteroatoms. The third kappa shape index (κ3) is 4.56. The number of non-ortho nitro benzene ring substituents is 1. The number of nitro benzene ring substituents is 1. The topological polar surface area (TPSA) is 88.2 Å². The summed E-state index contributed by atoms with van der Waals surface area (Å²) in [6.07, 6.45) is 1.40. The molecule has 1 N–H and O–H groups in total. The first-order valence-corrected chi connectivity index (χ1v) is 5.98. The van der Waals surface area contributed by atoms with Crippen molar-refractivity contribution < 1.29 is 9.66 Å². The van der Waals surface area contributed by atoms with Gasteiger partial charge in [0.2, 0.25) is 0 Å². The van der Waals surface area contributed by atoms with E-state index in [1.165, 1.54) is 12.1 Å². The van der Waals surface area contributed by atoms with Crippen LogP contribution in [0.25, 0.3) is 0 Å². The van der Waals surface area contributed by atoms with Crippen LogP contribution in [0.15, 0.2) is 24.3 Å². The molecule has 6 nitrogen and oxygen atoms in total. The van der Waals surface area contributed by atoms with Crippen molar-refractivity contribution >= 4 is 5.69 Å². The van der Waals surface area contributed by atoms with Crippen molar-refractivity contribution in [1.29, 1.82) is 5.26 Å². The number of rotatable bonds is 7. The van der Waals surface area contributed by atoms with Crippen LogP contribution in [0.1, 0.15) is 19.8 Å². The molecule has 0 spiro atoms. The summed E-state index contributed by atoms with van der Waals surface area (Å²) in [4.78, 5) is 10.0. The van der Waals surface area contributed by atoms with Crippen molar-refractivity contribution in [2.24, 2.45) is 0 Å². The molecular formula is C13H17N3O3. The fraction of sp³-hybridized carbons (Fsp3) is 0.462. The Hall–Kier alpha value is -2.13. The number of benzene rings is 1. The van der Waals surface area contributed by atoms with E-state index >= 15 is 0 Å². The van der Waals surface area contributed by atoms with Gasteiger partial charge >= 0.3 is 0 Å². The summed E-state index contributed by atoms with van der Waals surface area (Å²) in [5.74, 6) is 0.591. The molecule has 102 valence electrons. The van der Waals surface area contributed by atoms with Gasteiger partial charge in [-0.2, -0.15) is 5.26 Å². The molecule has 0 fully saturated rings. The molecule has 0 amide bonds. The van der Waals surface area contributed by atoms with E-state index in [9.17, 15) is 10.1 Å². The quantitative estimate of drug-likeness (QED) is 0.463. The van der Waals surface area contributed by atoms with E-state index in [2.05, 4.69) is 11.4 Å². The van der Waals surface area contributed by atoms with E-state index in [1.807, 2.05) is 6.92 Å². The SMILES string of the molecule is CNC(C)(C#N)CCCOc1ccc([N+](=O)[O-])cc1. The average Bonchev–Trinajstić information content (AvgIpc) is 2.44. The van der Waals surface area contributed by atoms with Gasteiger partial charge in [-0.1, -0.05) is 0 Å². The molecule has 0 saturated heterocycles. The zero-order chi connectivity index (χ0) is 14.3. The van der Waals surface area contributed by atoms with E-state index in [1.54, 1.807) is 19.2 Å². The normalized spacial score (nSPS) is 13.3. The lowest BCUT2D eigenvalue weighted by Crippen LogP contribution is -2.38. The number of nitro groups is 1. The maximum absolute atomic E-state index is 10.5. The first-order chi connectivity index (χ1) is 9.00. The fourth-order valence-electron chi connectivity index (χ4n) is 1.52. The van der Waals surface area contributed by atoms with Gasteiger partial charge in [0.25, 0.3) is 5.69 Å². The Labute approximate surface area is 112 Å². The van der Waals surface area contributed by atoms with Crippen LogP contribution >= 0.6 is 0 Å². The van der Waals surface area contributed by atoms with Crippen LogP contribution in [0.5, 0.6) is 5.75 Å². The number of nitrogens with one attached hydrogen (secondary N) is 1. The first kappa shape index (κ1) is 14.9. The Morgan fingerprint density at radius 2 is 2.11 bits per heavy atom. The molecule has 0 aliphatic heterocycles. The van der Waals surface area contributed by atoms with Gasteiger partial charge < -0.3 is 10.1 Å². The maximum Gasteiger partial charge on any atom is 0.269 e. The molecule has 1 atom stereocenters. The summed E-state index contributed by atoms with van der Waals surface area (Å²) in [5, 5.41) is 22.4. The van der Waals surface area contributed by atoms with Gasteiger partial charge in [0, 0.05) is 12.1 Å². The smallest absolute Gasteiger partial charge is 0.269 e. The van der Waals surface area contributed by atoms with Crippen molar-refractivity contribution in [3.05, 3.63) is 34.4 Å².